The summed E-state index contributed by atoms with van der Waals surface area (Å²) in [6, 6.07) is 7.18. The molecule has 0 spiro atoms. The zero-order chi connectivity index (χ0) is 13.7. The molecule has 1 saturated heterocycles. The van der Waals surface area contributed by atoms with Crippen molar-refractivity contribution in [3.05, 3.63) is 28.2 Å². The normalized spacial score (nSPS) is 21.1. The average molecular weight is 325 g/mol. The van der Waals surface area contributed by atoms with Gasteiger partial charge in [0.15, 0.2) is 0 Å². The summed E-state index contributed by atoms with van der Waals surface area (Å²) in [4.78, 5) is 2.60. The highest BCUT2D eigenvalue weighted by atomic mass is 79.9. The number of nitrogens with zero attached hydrogens (tertiary/aromatic N) is 1. The van der Waals surface area contributed by atoms with Crippen molar-refractivity contribution in [1.82, 2.24) is 4.90 Å². The highest BCUT2D eigenvalue weighted by Crippen LogP contribution is 2.23. The van der Waals surface area contributed by atoms with Crippen LogP contribution < -0.4 is 5.32 Å². The fourth-order valence-electron chi connectivity index (χ4n) is 2.76. The van der Waals surface area contributed by atoms with Crippen LogP contribution in [0.2, 0.25) is 0 Å². The molecule has 1 fully saturated rings. The SMILES string of the molecule is CCCN1CCCC(Nc2ccc(C)c(Br)c2)CC1. The minimum absolute atomic E-state index is 0.622. The van der Waals surface area contributed by atoms with Crippen LogP contribution in [0.25, 0.3) is 0 Å². The second-order valence-electron chi connectivity index (χ2n) is 5.58. The van der Waals surface area contributed by atoms with Crippen LogP contribution in [0.3, 0.4) is 0 Å². The van der Waals surface area contributed by atoms with Crippen molar-refractivity contribution in [2.75, 3.05) is 25.0 Å². The summed E-state index contributed by atoms with van der Waals surface area (Å²) in [5.74, 6) is 0. The van der Waals surface area contributed by atoms with E-state index in [-0.39, 0.29) is 0 Å². The third kappa shape index (κ3) is 4.50. The van der Waals surface area contributed by atoms with Crippen LogP contribution in [0, 0.1) is 6.92 Å². The first kappa shape index (κ1) is 14.9. The molecule has 1 aliphatic heterocycles. The number of halogens is 1. The number of rotatable bonds is 4. The van der Waals surface area contributed by atoms with Gasteiger partial charge in [0.05, 0.1) is 0 Å². The minimum Gasteiger partial charge on any atom is -0.382 e. The molecule has 0 aromatic heterocycles. The van der Waals surface area contributed by atoms with Gasteiger partial charge in [0.2, 0.25) is 0 Å². The Morgan fingerprint density at radius 3 is 2.89 bits per heavy atom. The van der Waals surface area contributed by atoms with Gasteiger partial charge >= 0.3 is 0 Å². The van der Waals surface area contributed by atoms with Crippen LogP contribution in [0.1, 0.15) is 38.2 Å². The van der Waals surface area contributed by atoms with E-state index < -0.39 is 0 Å². The Bertz CT molecular complexity index is 406. The molecule has 106 valence electrons. The van der Waals surface area contributed by atoms with Crippen LogP contribution in [0.4, 0.5) is 5.69 Å². The van der Waals surface area contributed by atoms with E-state index in [9.17, 15) is 0 Å². The molecule has 3 heteroatoms. The van der Waals surface area contributed by atoms with Gasteiger partial charge in [-0.15, -0.1) is 0 Å². The Labute approximate surface area is 125 Å². The van der Waals surface area contributed by atoms with E-state index >= 15 is 0 Å². The fourth-order valence-corrected chi connectivity index (χ4v) is 3.14. The van der Waals surface area contributed by atoms with E-state index in [0.29, 0.717) is 6.04 Å². The molecule has 1 aliphatic rings. The van der Waals surface area contributed by atoms with Crippen LogP contribution in [0.5, 0.6) is 0 Å². The number of hydrogen-bond acceptors (Lipinski definition) is 2. The summed E-state index contributed by atoms with van der Waals surface area (Å²) in [6.07, 6.45) is 5.12. The van der Waals surface area contributed by atoms with E-state index in [0.717, 1.165) is 0 Å². The topological polar surface area (TPSA) is 15.3 Å². The van der Waals surface area contributed by atoms with Crippen molar-refractivity contribution in [2.45, 2.75) is 45.6 Å². The van der Waals surface area contributed by atoms with Gasteiger partial charge in [-0.1, -0.05) is 28.9 Å². The standard InChI is InChI=1S/C16H25BrN2/c1-3-9-19-10-4-5-14(8-11-19)18-15-7-6-13(2)16(17)12-15/h6-7,12,14,18H,3-5,8-11H2,1-2H3. The lowest BCUT2D eigenvalue weighted by Crippen LogP contribution is -2.27. The van der Waals surface area contributed by atoms with E-state index in [2.05, 4.69) is 58.2 Å². The van der Waals surface area contributed by atoms with E-state index in [1.807, 2.05) is 0 Å². The number of likely N-dealkylation sites (tertiary alicyclic amines) is 1. The van der Waals surface area contributed by atoms with E-state index in [1.54, 1.807) is 0 Å². The van der Waals surface area contributed by atoms with E-state index in [1.165, 1.54) is 61.0 Å². The third-order valence-corrected chi connectivity index (χ3v) is 4.76. The monoisotopic (exact) mass is 324 g/mol. The maximum absolute atomic E-state index is 3.69. The Hall–Kier alpha value is -0.540. The molecular weight excluding hydrogens is 300 g/mol. The number of nitrogens with one attached hydrogen (secondary N) is 1. The second kappa shape index (κ2) is 7.30. The third-order valence-electron chi connectivity index (χ3n) is 3.90. The van der Waals surface area contributed by atoms with Gasteiger partial charge in [-0.05, 0) is 63.4 Å². The molecule has 0 amide bonds. The number of hydrogen-bond donors (Lipinski definition) is 1. The molecule has 0 bridgehead atoms. The Morgan fingerprint density at radius 1 is 1.32 bits per heavy atom. The molecule has 1 unspecified atom stereocenters. The Morgan fingerprint density at radius 2 is 2.16 bits per heavy atom. The highest BCUT2D eigenvalue weighted by Gasteiger charge is 2.16. The molecule has 0 aliphatic carbocycles. The first-order valence-electron chi connectivity index (χ1n) is 7.44. The quantitative estimate of drug-likeness (QED) is 0.881. The summed E-state index contributed by atoms with van der Waals surface area (Å²) in [7, 11) is 0. The summed E-state index contributed by atoms with van der Waals surface area (Å²) in [5.41, 5.74) is 2.53. The highest BCUT2D eigenvalue weighted by molar-refractivity contribution is 9.10. The Kier molecular flexibility index (Phi) is 5.71. The van der Waals surface area contributed by atoms with Crippen LogP contribution in [0.15, 0.2) is 22.7 Å². The van der Waals surface area contributed by atoms with Crippen molar-refractivity contribution in [2.24, 2.45) is 0 Å². The van der Waals surface area contributed by atoms with Gasteiger partial charge in [0.25, 0.3) is 0 Å². The predicted molar refractivity (Wildman–Crippen MR) is 86.9 cm³/mol. The van der Waals surface area contributed by atoms with Crippen molar-refractivity contribution in [3.63, 3.8) is 0 Å². The van der Waals surface area contributed by atoms with E-state index in [4.69, 9.17) is 0 Å². The zero-order valence-corrected chi connectivity index (χ0v) is 13.7. The zero-order valence-electron chi connectivity index (χ0n) is 12.1. The summed E-state index contributed by atoms with van der Waals surface area (Å²) in [6.45, 7) is 8.15. The van der Waals surface area contributed by atoms with Crippen molar-refractivity contribution >= 4 is 21.6 Å². The van der Waals surface area contributed by atoms with Gasteiger partial charge < -0.3 is 10.2 Å². The lowest BCUT2D eigenvalue weighted by molar-refractivity contribution is 0.285. The Balaban J connectivity index is 1.90. The first-order valence-corrected chi connectivity index (χ1v) is 8.23. The molecular formula is C16H25BrN2. The molecule has 1 heterocycles. The summed E-state index contributed by atoms with van der Waals surface area (Å²) < 4.78 is 1.19. The average Bonchev–Trinajstić information content (AvgIpc) is 2.60. The molecule has 2 rings (SSSR count). The van der Waals surface area contributed by atoms with Crippen LogP contribution >= 0.6 is 15.9 Å². The maximum Gasteiger partial charge on any atom is 0.0353 e. The lowest BCUT2D eigenvalue weighted by atomic mass is 10.1. The van der Waals surface area contributed by atoms with Gasteiger partial charge in [0, 0.05) is 22.7 Å². The summed E-state index contributed by atoms with van der Waals surface area (Å²) in [5, 5.41) is 3.69. The fraction of sp³-hybridized carbons (Fsp3) is 0.625. The molecule has 0 radical (unpaired) electrons. The molecule has 19 heavy (non-hydrogen) atoms. The lowest BCUT2D eigenvalue weighted by Gasteiger charge is -2.20. The van der Waals surface area contributed by atoms with Crippen LogP contribution in [-0.4, -0.2) is 30.6 Å². The minimum atomic E-state index is 0.622. The van der Waals surface area contributed by atoms with Crippen LogP contribution in [-0.2, 0) is 0 Å². The molecule has 1 N–H and O–H groups in total. The van der Waals surface area contributed by atoms with Crippen molar-refractivity contribution < 1.29 is 0 Å². The summed E-state index contributed by atoms with van der Waals surface area (Å²) >= 11 is 3.61. The van der Waals surface area contributed by atoms with Crippen molar-refractivity contribution in [1.29, 1.82) is 0 Å². The number of anilines is 1. The largest absolute Gasteiger partial charge is 0.382 e. The molecule has 1 aromatic rings. The maximum atomic E-state index is 3.69. The van der Waals surface area contributed by atoms with Gasteiger partial charge in [-0.3, -0.25) is 0 Å². The number of benzene rings is 1. The molecule has 0 saturated carbocycles. The first-order chi connectivity index (χ1) is 9.19. The number of aryl methyl sites for hydroxylation is 1. The van der Waals surface area contributed by atoms with Crippen molar-refractivity contribution in [3.8, 4) is 0 Å². The van der Waals surface area contributed by atoms with Gasteiger partial charge in [0.1, 0.15) is 0 Å². The molecule has 1 atom stereocenters. The molecule has 2 nitrogen and oxygen atoms in total. The van der Waals surface area contributed by atoms with Gasteiger partial charge in [-0.2, -0.15) is 0 Å². The predicted octanol–water partition coefficient (Wildman–Crippen LogP) is 4.43. The smallest absolute Gasteiger partial charge is 0.0353 e. The second-order valence-corrected chi connectivity index (χ2v) is 6.43. The van der Waals surface area contributed by atoms with Gasteiger partial charge in [-0.25, -0.2) is 0 Å². The molecule has 1 aromatic carbocycles.